The molecule has 1 aromatic heterocycles. The van der Waals surface area contributed by atoms with Crippen LogP contribution in [0.3, 0.4) is 0 Å². The maximum atomic E-state index is 12.1. The first-order valence-electron chi connectivity index (χ1n) is 20.4. The molecule has 10 nitrogen and oxygen atoms in total. The highest BCUT2D eigenvalue weighted by molar-refractivity contribution is 6.32. The van der Waals surface area contributed by atoms with Gasteiger partial charge in [-0.1, -0.05) is 43.2 Å². The Labute approximate surface area is 342 Å². The molecule has 2 unspecified atom stereocenters. The lowest BCUT2D eigenvalue weighted by Gasteiger charge is -2.33. The van der Waals surface area contributed by atoms with Gasteiger partial charge in [-0.15, -0.1) is 0 Å². The first kappa shape index (κ1) is 40.8. The van der Waals surface area contributed by atoms with Crippen LogP contribution in [0.1, 0.15) is 86.6 Å². The van der Waals surface area contributed by atoms with Crippen LogP contribution in [0, 0.1) is 29.6 Å². The molecule has 4 aliphatic rings. The number of carbonyl (C=O) groups is 1. The molecule has 1 N–H and O–H groups in total. The van der Waals surface area contributed by atoms with Crippen LogP contribution in [0.15, 0.2) is 66.0 Å². The van der Waals surface area contributed by atoms with Gasteiger partial charge in [0.05, 0.1) is 23.8 Å². The molecule has 1 aliphatic carbocycles. The number of pyridine rings is 1. The topological polar surface area (TPSA) is 117 Å². The third-order valence-corrected chi connectivity index (χ3v) is 12.7. The SMILES string of the molecule is CC1=C(COc2cc(OCc3cncc(C#N)c3)c(CN3CCCC[C@H]3C(=O)O)cc2Cl)C(C)CC=C1c1cccc(OCCCN2CCC3(CCOC3)C2)c1C. The predicted octanol–water partition coefficient (Wildman–Crippen LogP) is 8.63. The number of piperidine rings is 1. The van der Waals surface area contributed by atoms with E-state index in [2.05, 4.69) is 61.0 Å². The molecule has 302 valence electrons. The van der Waals surface area contributed by atoms with Gasteiger partial charge in [0, 0.05) is 61.2 Å². The summed E-state index contributed by atoms with van der Waals surface area (Å²) < 4.78 is 25.0. The van der Waals surface area contributed by atoms with Crippen LogP contribution in [0.2, 0.25) is 5.02 Å². The van der Waals surface area contributed by atoms with Crippen molar-refractivity contribution in [3.63, 3.8) is 0 Å². The quantitative estimate of drug-likeness (QED) is 0.150. The van der Waals surface area contributed by atoms with E-state index in [9.17, 15) is 15.2 Å². The lowest BCUT2D eigenvalue weighted by atomic mass is 9.81. The van der Waals surface area contributed by atoms with Crippen molar-refractivity contribution >= 4 is 23.1 Å². The molecule has 0 radical (unpaired) electrons. The second kappa shape index (κ2) is 18.5. The van der Waals surface area contributed by atoms with Crippen molar-refractivity contribution in [1.29, 1.82) is 5.26 Å². The van der Waals surface area contributed by atoms with Crippen molar-refractivity contribution in [2.24, 2.45) is 11.3 Å². The number of nitriles is 1. The summed E-state index contributed by atoms with van der Waals surface area (Å²) in [4.78, 5) is 20.9. The number of nitrogens with zero attached hydrogens (tertiary/aromatic N) is 4. The summed E-state index contributed by atoms with van der Waals surface area (Å²) in [6, 6.07) is 13.3. The Hall–Kier alpha value is -4.40. The minimum absolute atomic E-state index is 0.172. The summed E-state index contributed by atoms with van der Waals surface area (Å²) in [6.45, 7) is 14.0. The largest absolute Gasteiger partial charge is 0.493 e. The van der Waals surface area contributed by atoms with E-state index in [4.69, 9.17) is 30.5 Å². The van der Waals surface area contributed by atoms with Gasteiger partial charge in [-0.3, -0.25) is 14.7 Å². The Morgan fingerprint density at radius 2 is 1.93 bits per heavy atom. The molecule has 2 aromatic carbocycles. The highest BCUT2D eigenvalue weighted by atomic mass is 35.5. The van der Waals surface area contributed by atoms with Gasteiger partial charge >= 0.3 is 5.97 Å². The van der Waals surface area contributed by atoms with E-state index in [0.717, 1.165) is 81.0 Å². The van der Waals surface area contributed by atoms with Crippen LogP contribution in [0.25, 0.3) is 5.57 Å². The fourth-order valence-corrected chi connectivity index (χ4v) is 9.23. The molecule has 57 heavy (non-hydrogen) atoms. The van der Waals surface area contributed by atoms with Gasteiger partial charge in [0.1, 0.15) is 42.6 Å². The van der Waals surface area contributed by atoms with Gasteiger partial charge in [-0.05, 0) is 117 Å². The summed E-state index contributed by atoms with van der Waals surface area (Å²) in [7, 11) is 0. The zero-order valence-corrected chi connectivity index (χ0v) is 34.3. The van der Waals surface area contributed by atoms with Gasteiger partial charge in [-0.2, -0.15) is 5.26 Å². The number of aliphatic carboxylic acids is 1. The first-order chi connectivity index (χ1) is 27.6. The first-order valence-corrected chi connectivity index (χ1v) is 20.8. The van der Waals surface area contributed by atoms with Crippen LogP contribution in [0.5, 0.6) is 17.2 Å². The molecule has 11 heteroatoms. The average Bonchev–Trinajstić information content (AvgIpc) is 3.85. The lowest BCUT2D eigenvalue weighted by molar-refractivity contribution is -0.144. The van der Waals surface area contributed by atoms with Crippen LogP contribution in [0.4, 0.5) is 0 Å². The number of halogens is 1. The van der Waals surface area contributed by atoms with Crippen molar-refractivity contribution in [1.82, 2.24) is 14.8 Å². The summed E-state index contributed by atoms with van der Waals surface area (Å²) in [6.07, 6.45) is 12.2. The molecule has 4 heterocycles. The average molecular weight is 795 g/mol. The van der Waals surface area contributed by atoms with Gasteiger partial charge in [0.15, 0.2) is 0 Å². The zero-order valence-electron chi connectivity index (χ0n) is 33.5. The Morgan fingerprint density at radius 3 is 2.74 bits per heavy atom. The summed E-state index contributed by atoms with van der Waals surface area (Å²) in [5.41, 5.74) is 8.24. The van der Waals surface area contributed by atoms with Crippen LogP contribution < -0.4 is 14.2 Å². The number of carboxylic acids is 1. The van der Waals surface area contributed by atoms with Gasteiger partial charge in [0.2, 0.25) is 0 Å². The highest BCUT2D eigenvalue weighted by Gasteiger charge is 2.41. The standard InChI is InChI=1S/C46H55ClN4O6/c1-31-11-12-38(37-8-6-10-42(33(37)3)55-18-7-15-50-17-13-46(29-50)14-19-54-30-46)32(2)39(31)28-57-44-22-43(56-27-35-20-34(23-48)24-49-25-35)36(21-40(44)47)26-51-16-5-4-9-41(51)45(52)53/h6,8,10,12,20-22,24-25,31,41H,4-5,7,9,11,13-19,26-30H2,1-3H3,(H,52,53)/t31?,41-,46?/m0/s1. The van der Waals surface area contributed by atoms with Crippen molar-refractivity contribution < 1.29 is 28.8 Å². The zero-order chi connectivity index (χ0) is 39.9. The number of ether oxygens (including phenoxy) is 4. The normalized spacial score (nSPS) is 22.8. The Morgan fingerprint density at radius 1 is 1.07 bits per heavy atom. The maximum absolute atomic E-state index is 12.1. The summed E-state index contributed by atoms with van der Waals surface area (Å²) in [5.74, 6) is 1.42. The Balaban J connectivity index is 1.05. The van der Waals surface area contributed by atoms with Crippen LogP contribution in [-0.4, -0.2) is 84.5 Å². The Bertz CT molecular complexity index is 2030. The molecule has 7 rings (SSSR count). The number of allylic oxidation sites excluding steroid dienone is 3. The number of hydrogen-bond donors (Lipinski definition) is 1. The number of hydrogen-bond acceptors (Lipinski definition) is 9. The molecule has 0 amide bonds. The number of likely N-dealkylation sites (tertiary alicyclic amines) is 2. The van der Waals surface area contributed by atoms with Crippen molar-refractivity contribution in [2.45, 2.75) is 84.9 Å². The van der Waals surface area contributed by atoms with Crippen LogP contribution >= 0.6 is 11.6 Å². The van der Waals surface area contributed by atoms with Gasteiger partial charge in [-0.25, -0.2) is 0 Å². The molecule has 3 atom stereocenters. The molecule has 3 aliphatic heterocycles. The second-order valence-electron chi connectivity index (χ2n) is 16.3. The van der Waals surface area contributed by atoms with E-state index >= 15 is 0 Å². The van der Waals surface area contributed by atoms with Crippen LogP contribution in [-0.2, 0) is 22.7 Å². The minimum Gasteiger partial charge on any atom is -0.493 e. The molecular weight excluding hydrogens is 740 g/mol. The van der Waals surface area contributed by atoms with Crippen molar-refractivity contribution in [2.75, 3.05) is 52.6 Å². The lowest BCUT2D eigenvalue weighted by Crippen LogP contribution is -2.44. The van der Waals surface area contributed by atoms with E-state index in [1.54, 1.807) is 12.3 Å². The second-order valence-corrected chi connectivity index (χ2v) is 16.8. The molecule has 3 saturated heterocycles. The molecule has 0 saturated carbocycles. The molecular formula is C46H55ClN4O6. The van der Waals surface area contributed by atoms with E-state index in [1.165, 1.54) is 41.3 Å². The van der Waals surface area contributed by atoms with Crippen molar-refractivity contribution in [3.05, 3.63) is 98.9 Å². The fraction of sp³-hybridized carbons (Fsp3) is 0.500. The fourth-order valence-electron chi connectivity index (χ4n) is 8.99. The monoisotopic (exact) mass is 794 g/mol. The van der Waals surface area contributed by atoms with Gasteiger partial charge in [0.25, 0.3) is 0 Å². The van der Waals surface area contributed by atoms with Gasteiger partial charge < -0.3 is 29.0 Å². The number of aromatic nitrogens is 1. The molecule has 3 aromatic rings. The van der Waals surface area contributed by atoms with E-state index in [-0.39, 0.29) is 12.5 Å². The maximum Gasteiger partial charge on any atom is 0.320 e. The summed E-state index contributed by atoms with van der Waals surface area (Å²) in [5, 5.41) is 19.8. The number of benzene rings is 2. The molecule has 0 bridgehead atoms. The van der Waals surface area contributed by atoms with E-state index in [1.807, 2.05) is 17.0 Å². The number of carboxylic acid groups (broad SMARTS) is 1. The smallest absolute Gasteiger partial charge is 0.320 e. The summed E-state index contributed by atoms with van der Waals surface area (Å²) >= 11 is 6.93. The predicted molar refractivity (Wildman–Crippen MR) is 221 cm³/mol. The van der Waals surface area contributed by atoms with E-state index in [0.29, 0.717) is 60.2 Å². The highest BCUT2D eigenvalue weighted by Crippen LogP contribution is 2.41. The molecule has 3 fully saturated rings. The Kier molecular flexibility index (Phi) is 13.2. The third-order valence-electron chi connectivity index (χ3n) is 12.4. The molecule has 1 spiro atoms. The minimum atomic E-state index is -0.822. The van der Waals surface area contributed by atoms with Crippen molar-refractivity contribution in [3.8, 4) is 23.3 Å². The third kappa shape index (κ3) is 9.67. The van der Waals surface area contributed by atoms with E-state index < -0.39 is 12.0 Å². The number of rotatable bonds is 15.